The van der Waals surface area contributed by atoms with Gasteiger partial charge in [0.05, 0.1) is 30.6 Å². The Hall–Kier alpha value is -3.72. The highest BCUT2D eigenvalue weighted by atomic mass is 35.5. The zero-order valence-electron chi connectivity index (χ0n) is 22.6. The number of unbranched alkanes of at least 4 members (excludes halogenated alkanes) is 1. The molecule has 3 aromatic carbocycles. The molecule has 0 atom stereocenters. The molecule has 41 heavy (non-hydrogen) atoms. The van der Waals surface area contributed by atoms with Gasteiger partial charge in [0.2, 0.25) is 0 Å². The smallest absolute Gasteiger partial charge is 0.282 e. The summed E-state index contributed by atoms with van der Waals surface area (Å²) in [6.07, 6.45) is 4.15. The average Bonchev–Trinajstić information content (AvgIpc) is 3.29. The van der Waals surface area contributed by atoms with E-state index in [1.165, 1.54) is 6.21 Å². The molecule has 0 bridgehead atoms. The molecule has 2 aliphatic rings. The molecule has 0 N–H and O–H groups in total. The van der Waals surface area contributed by atoms with Gasteiger partial charge in [0.15, 0.2) is 5.15 Å². The minimum Gasteiger partial charge on any atom is -0.378 e. The van der Waals surface area contributed by atoms with E-state index >= 15 is 0 Å². The van der Waals surface area contributed by atoms with Crippen molar-refractivity contribution < 1.29 is 14.3 Å². The Labute approximate surface area is 248 Å². The SMILES string of the molecule is CCCCc1nc(Cl)c(/C=N/N2C(=O)c3cccc4c(N5CCOCC5)ccc(c34)C2=O)n1Cc1ccc(Cl)cc1. The number of benzene rings is 3. The topological polar surface area (TPSA) is 80.0 Å². The van der Waals surface area contributed by atoms with E-state index in [0.29, 0.717) is 47.0 Å². The first-order valence-corrected chi connectivity index (χ1v) is 14.5. The zero-order valence-corrected chi connectivity index (χ0v) is 24.2. The summed E-state index contributed by atoms with van der Waals surface area (Å²) in [4.78, 5) is 34.1. The summed E-state index contributed by atoms with van der Waals surface area (Å²) in [5, 5.41) is 7.77. The maximum atomic E-state index is 13.7. The lowest BCUT2D eigenvalue weighted by atomic mass is 9.93. The van der Waals surface area contributed by atoms with Crippen LogP contribution in [0.2, 0.25) is 10.2 Å². The number of nitrogens with zero attached hydrogens (tertiary/aromatic N) is 5. The van der Waals surface area contributed by atoms with Crippen molar-refractivity contribution in [3.63, 3.8) is 0 Å². The number of amides is 2. The second-order valence-corrected chi connectivity index (χ2v) is 10.9. The van der Waals surface area contributed by atoms with Crippen LogP contribution in [0.5, 0.6) is 0 Å². The molecule has 4 aromatic rings. The van der Waals surface area contributed by atoms with E-state index in [-0.39, 0.29) is 5.15 Å². The van der Waals surface area contributed by atoms with Gasteiger partial charge in [-0.05, 0) is 42.3 Å². The van der Waals surface area contributed by atoms with Crippen LogP contribution in [0.3, 0.4) is 0 Å². The summed E-state index contributed by atoms with van der Waals surface area (Å²) in [6.45, 7) is 5.39. The fourth-order valence-corrected chi connectivity index (χ4v) is 5.82. The number of rotatable bonds is 8. The number of morpholine rings is 1. The van der Waals surface area contributed by atoms with Gasteiger partial charge in [-0.1, -0.05) is 60.8 Å². The van der Waals surface area contributed by atoms with Crippen molar-refractivity contribution >= 4 is 57.7 Å². The van der Waals surface area contributed by atoms with Crippen LogP contribution in [0.15, 0.2) is 59.7 Å². The van der Waals surface area contributed by atoms with Crippen molar-refractivity contribution in [1.82, 2.24) is 14.6 Å². The number of aryl methyl sites for hydroxylation is 1. The number of anilines is 1. The largest absolute Gasteiger partial charge is 0.378 e. The zero-order chi connectivity index (χ0) is 28.5. The first kappa shape index (κ1) is 27.4. The number of carbonyl (C=O) groups is 2. The molecule has 3 heterocycles. The Kier molecular flexibility index (Phi) is 7.79. The predicted octanol–water partition coefficient (Wildman–Crippen LogP) is 6.20. The van der Waals surface area contributed by atoms with E-state index in [9.17, 15) is 9.59 Å². The van der Waals surface area contributed by atoms with Crippen LogP contribution in [0.1, 0.15) is 57.6 Å². The van der Waals surface area contributed by atoms with Gasteiger partial charge in [0.1, 0.15) is 11.5 Å². The van der Waals surface area contributed by atoms with Gasteiger partial charge in [-0.25, -0.2) is 4.98 Å². The van der Waals surface area contributed by atoms with Crippen LogP contribution >= 0.6 is 23.2 Å². The lowest BCUT2D eigenvalue weighted by molar-refractivity contribution is 0.0616. The van der Waals surface area contributed by atoms with E-state index in [1.807, 2.05) is 47.0 Å². The van der Waals surface area contributed by atoms with Crippen molar-refractivity contribution in [1.29, 1.82) is 0 Å². The average molecular weight is 591 g/mol. The molecule has 0 unspecified atom stereocenters. The van der Waals surface area contributed by atoms with Crippen molar-refractivity contribution in [2.75, 3.05) is 31.2 Å². The minimum atomic E-state index is -0.477. The van der Waals surface area contributed by atoms with Crippen molar-refractivity contribution in [3.8, 4) is 0 Å². The molecule has 2 amide bonds. The molecule has 1 saturated heterocycles. The summed E-state index contributed by atoms with van der Waals surface area (Å²) in [5.41, 5.74) is 3.41. The first-order valence-electron chi connectivity index (χ1n) is 13.8. The lowest BCUT2D eigenvalue weighted by Gasteiger charge is -2.31. The first-order chi connectivity index (χ1) is 20.0. The highest BCUT2D eigenvalue weighted by Crippen LogP contribution is 2.36. The van der Waals surface area contributed by atoms with Crippen molar-refractivity contribution in [3.05, 3.63) is 93.0 Å². The molecular weight excluding hydrogens is 561 g/mol. The normalized spacial score (nSPS) is 15.5. The van der Waals surface area contributed by atoms with Crippen LogP contribution in [0.25, 0.3) is 10.8 Å². The third-order valence-electron chi connectivity index (χ3n) is 7.56. The van der Waals surface area contributed by atoms with Crippen LogP contribution in [0, 0.1) is 0 Å². The van der Waals surface area contributed by atoms with E-state index in [0.717, 1.165) is 59.8 Å². The number of aromatic nitrogens is 2. The van der Waals surface area contributed by atoms with Gasteiger partial charge in [-0.3, -0.25) is 9.59 Å². The van der Waals surface area contributed by atoms with E-state index < -0.39 is 11.8 Å². The summed E-state index contributed by atoms with van der Waals surface area (Å²) in [5.74, 6) is -0.139. The molecule has 210 valence electrons. The molecule has 0 radical (unpaired) electrons. The van der Waals surface area contributed by atoms with E-state index in [1.54, 1.807) is 12.1 Å². The highest BCUT2D eigenvalue weighted by molar-refractivity contribution is 6.32. The minimum absolute atomic E-state index is 0.267. The Morgan fingerprint density at radius 3 is 2.44 bits per heavy atom. The van der Waals surface area contributed by atoms with Gasteiger partial charge in [0.25, 0.3) is 11.8 Å². The second-order valence-electron chi connectivity index (χ2n) is 10.1. The number of hydrogen-bond acceptors (Lipinski definition) is 6. The second kappa shape index (κ2) is 11.6. The third kappa shape index (κ3) is 5.23. The maximum Gasteiger partial charge on any atom is 0.282 e. The monoisotopic (exact) mass is 589 g/mol. The molecule has 0 aliphatic carbocycles. The summed E-state index contributed by atoms with van der Waals surface area (Å²) in [7, 11) is 0. The standard InChI is InChI=1S/C31H29Cl2N5O3/c1-2-3-7-27-35-29(33)26(37(27)19-20-8-10-21(32)11-9-20)18-34-38-30(39)23-6-4-5-22-25(36-14-16-41-17-15-36)13-12-24(28(22)23)31(38)40/h4-6,8-13,18H,2-3,7,14-17,19H2,1H3/b34-18+. The molecule has 1 fully saturated rings. The number of imide groups is 1. The van der Waals surface area contributed by atoms with Crippen molar-refractivity contribution in [2.45, 2.75) is 32.7 Å². The predicted molar refractivity (Wildman–Crippen MR) is 161 cm³/mol. The van der Waals surface area contributed by atoms with Crippen LogP contribution in [0.4, 0.5) is 5.69 Å². The number of carbonyl (C=O) groups excluding carboxylic acids is 2. The number of hydrogen-bond donors (Lipinski definition) is 0. The molecule has 0 saturated carbocycles. The number of imidazole rings is 1. The van der Waals surface area contributed by atoms with Crippen LogP contribution < -0.4 is 4.90 Å². The van der Waals surface area contributed by atoms with E-state index in [4.69, 9.17) is 27.9 Å². The quantitative estimate of drug-likeness (QED) is 0.180. The Balaban J connectivity index is 1.36. The highest BCUT2D eigenvalue weighted by Gasteiger charge is 2.34. The molecule has 2 aliphatic heterocycles. The van der Waals surface area contributed by atoms with Crippen molar-refractivity contribution in [2.24, 2.45) is 5.10 Å². The van der Waals surface area contributed by atoms with Gasteiger partial charge < -0.3 is 14.2 Å². The number of hydrazone groups is 1. The fourth-order valence-electron chi connectivity index (χ4n) is 5.44. The maximum absolute atomic E-state index is 13.7. The molecule has 10 heteroatoms. The summed E-state index contributed by atoms with van der Waals surface area (Å²) in [6, 6.07) is 16.8. The number of ether oxygens (including phenoxy) is 1. The number of halogens is 2. The summed E-state index contributed by atoms with van der Waals surface area (Å²) >= 11 is 12.7. The third-order valence-corrected chi connectivity index (χ3v) is 8.09. The van der Waals surface area contributed by atoms with E-state index in [2.05, 4.69) is 21.9 Å². The Bertz CT molecular complexity index is 1640. The van der Waals surface area contributed by atoms with Gasteiger partial charge in [-0.15, -0.1) is 0 Å². The van der Waals surface area contributed by atoms with Crippen LogP contribution in [-0.2, 0) is 17.7 Å². The Morgan fingerprint density at radius 2 is 1.71 bits per heavy atom. The molecule has 0 spiro atoms. The molecule has 1 aromatic heterocycles. The fraction of sp³-hybridized carbons (Fsp3) is 0.290. The van der Waals surface area contributed by atoms with Crippen LogP contribution in [-0.4, -0.2) is 58.9 Å². The van der Waals surface area contributed by atoms with Gasteiger partial charge in [0, 0.05) is 47.5 Å². The molecular formula is C31H29Cl2N5O3. The van der Waals surface area contributed by atoms with Gasteiger partial charge >= 0.3 is 0 Å². The molecule has 6 rings (SSSR count). The summed E-state index contributed by atoms with van der Waals surface area (Å²) < 4.78 is 7.49. The molecule has 8 nitrogen and oxygen atoms in total. The lowest BCUT2D eigenvalue weighted by Crippen LogP contribution is -2.38. The Morgan fingerprint density at radius 1 is 0.976 bits per heavy atom. The van der Waals surface area contributed by atoms with Gasteiger partial charge in [-0.2, -0.15) is 10.1 Å².